The molecule has 0 spiro atoms. The first kappa shape index (κ1) is 21.6. The number of aryl methyl sites for hydroxylation is 1. The Morgan fingerprint density at radius 3 is 2.76 bits per heavy atom. The van der Waals surface area contributed by atoms with Gasteiger partial charge in [-0.2, -0.15) is 0 Å². The summed E-state index contributed by atoms with van der Waals surface area (Å²) in [6.07, 6.45) is 6.48. The van der Waals surface area contributed by atoms with Gasteiger partial charge in [0.25, 0.3) is 5.91 Å². The highest BCUT2D eigenvalue weighted by molar-refractivity contribution is 7.14. The molecule has 1 amide bonds. The number of nitrogens with zero attached hydrogens (tertiary/aromatic N) is 1. The quantitative estimate of drug-likeness (QED) is 0.540. The third kappa shape index (κ3) is 5.70. The van der Waals surface area contributed by atoms with Crippen LogP contribution in [-0.2, 0) is 4.79 Å². The average Bonchev–Trinajstić information content (AvgIpc) is 3.36. The van der Waals surface area contributed by atoms with Gasteiger partial charge in [-0.3, -0.25) is 9.78 Å². The lowest BCUT2D eigenvalue weighted by molar-refractivity contribution is -0.139. The van der Waals surface area contributed by atoms with E-state index >= 15 is 0 Å². The van der Waals surface area contributed by atoms with Crippen molar-refractivity contribution in [2.75, 3.05) is 5.32 Å². The molecular weight excluding hydrogens is 410 g/mol. The number of halogens is 1. The Kier molecular flexibility index (Phi) is 7.14. The summed E-state index contributed by atoms with van der Waals surface area (Å²) in [6.45, 7) is 3.89. The second-order valence-electron chi connectivity index (χ2n) is 7.61. The number of hydrogen-bond acceptors (Lipinski definition) is 5. The summed E-state index contributed by atoms with van der Waals surface area (Å²) in [4.78, 5) is 29.9. The molecule has 1 fully saturated rings. The molecule has 2 heterocycles. The predicted molar refractivity (Wildman–Crippen MR) is 116 cm³/mol. The molecule has 1 aliphatic rings. The van der Waals surface area contributed by atoms with E-state index < -0.39 is 12.0 Å². The summed E-state index contributed by atoms with van der Waals surface area (Å²) in [5.41, 5.74) is 1.68. The first-order chi connectivity index (χ1) is 13.8. The fourth-order valence-corrected chi connectivity index (χ4v) is 4.77. The monoisotopic (exact) mass is 435 g/mol. The molecule has 2 atom stereocenters. The number of aliphatic carboxylic acids is 1. The van der Waals surface area contributed by atoms with E-state index in [1.807, 2.05) is 26.0 Å². The molecule has 6 nitrogen and oxygen atoms in total. The maximum Gasteiger partial charge on any atom is 0.326 e. The third-order valence-corrected chi connectivity index (χ3v) is 6.82. The Balaban J connectivity index is 1.63. The summed E-state index contributed by atoms with van der Waals surface area (Å²) >= 11 is 7.38. The highest BCUT2D eigenvalue weighted by Crippen LogP contribution is 2.30. The number of rotatable bonds is 8. The molecule has 1 aliphatic carbocycles. The molecule has 0 unspecified atom stereocenters. The molecule has 8 heteroatoms. The maximum absolute atomic E-state index is 12.6. The number of carboxylic acid groups (broad SMARTS) is 1. The molecule has 0 saturated heterocycles. The Bertz CT molecular complexity index is 880. The second kappa shape index (κ2) is 9.59. The van der Waals surface area contributed by atoms with Gasteiger partial charge in [-0.05, 0) is 44.4 Å². The van der Waals surface area contributed by atoms with E-state index in [9.17, 15) is 14.7 Å². The van der Waals surface area contributed by atoms with Crippen LogP contribution in [0.2, 0.25) is 5.02 Å². The molecule has 156 valence electrons. The zero-order chi connectivity index (χ0) is 21.0. The number of nitrogens with one attached hydrogen (secondary N) is 2. The van der Waals surface area contributed by atoms with E-state index in [-0.39, 0.29) is 11.9 Å². The predicted octanol–water partition coefficient (Wildman–Crippen LogP) is 5.04. The molecule has 2 aromatic heterocycles. The smallest absolute Gasteiger partial charge is 0.326 e. The first-order valence-corrected chi connectivity index (χ1v) is 11.0. The van der Waals surface area contributed by atoms with Crippen molar-refractivity contribution in [3.05, 3.63) is 44.9 Å². The van der Waals surface area contributed by atoms with Crippen LogP contribution in [0.3, 0.4) is 0 Å². The van der Waals surface area contributed by atoms with Crippen LogP contribution in [0.1, 0.15) is 65.3 Å². The van der Waals surface area contributed by atoms with E-state index in [0.717, 1.165) is 41.9 Å². The lowest BCUT2D eigenvalue weighted by Gasteiger charge is -2.18. The van der Waals surface area contributed by atoms with Gasteiger partial charge in [0.1, 0.15) is 6.04 Å². The number of hydrogen-bond donors (Lipinski definition) is 3. The lowest BCUT2D eigenvalue weighted by Crippen LogP contribution is -2.41. The van der Waals surface area contributed by atoms with Crippen molar-refractivity contribution < 1.29 is 14.7 Å². The molecule has 29 heavy (non-hydrogen) atoms. The van der Waals surface area contributed by atoms with Gasteiger partial charge in [0, 0.05) is 11.1 Å². The minimum absolute atomic E-state index is 0.0470. The molecule has 2 aromatic rings. The van der Waals surface area contributed by atoms with Crippen LogP contribution in [0.4, 0.5) is 5.69 Å². The Morgan fingerprint density at radius 1 is 1.34 bits per heavy atom. The largest absolute Gasteiger partial charge is 0.480 e. The summed E-state index contributed by atoms with van der Waals surface area (Å²) in [7, 11) is 0. The number of carbonyl (C=O) groups is 2. The molecule has 1 saturated carbocycles. The number of anilines is 1. The molecule has 0 bridgehead atoms. The van der Waals surface area contributed by atoms with Gasteiger partial charge in [0.2, 0.25) is 0 Å². The van der Waals surface area contributed by atoms with Crippen molar-refractivity contribution in [1.29, 1.82) is 0 Å². The lowest BCUT2D eigenvalue weighted by atomic mass is 9.98. The van der Waals surface area contributed by atoms with Gasteiger partial charge in [0.15, 0.2) is 0 Å². The van der Waals surface area contributed by atoms with Crippen LogP contribution in [0.15, 0.2) is 24.4 Å². The second-order valence-corrected chi connectivity index (χ2v) is 9.16. The number of pyridine rings is 1. The van der Waals surface area contributed by atoms with Crippen LogP contribution in [0.25, 0.3) is 0 Å². The molecule has 0 aliphatic heterocycles. The zero-order valence-electron chi connectivity index (χ0n) is 16.6. The van der Waals surface area contributed by atoms with E-state index in [2.05, 4.69) is 15.6 Å². The van der Waals surface area contributed by atoms with E-state index in [1.54, 1.807) is 12.3 Å². The van der Waals surface area contributed by atoms with Crippen LogP contribution < -0.4 is 10.6 Å². The highest BCUT2D eigenvalue weighted by atomic mass is 35.5. The number of amides is 1. The Labute approximate surface area is 179 Å². The third-order valence-electron chi connectivity index (χ3n) is 5.35. The summed E-state index contributed by atoms with van der Waals surface area (Å²) in [5.74, 6) is -0.922. The fraction of sp³-hybridized carbons (Fsp3) is 0.476. The minimum Gasteiger partial charge on any atom is -0.480 e. The van der Waals surface area contributed by atoms with Crippen molar-refractivity contribution in [1.82, 2.24) is 10.3 Å². The van der Waals surface area contributed by atoms with E-state index in [4.69, 9.17) is 11.6 Å². The summed E-state index contributed by atoms with van der Waals surface area (Å²) in [6, 6.07) is 4.56. The molecule has 3 rings (SSSR count). The van der Waals surface area contributed by atoms with Crippen LogP contribution >= 0.6 is 22.9 Å². The molecule has 0 aromatic carbocycles. The van der Waals surface area contributed by atoms with Gasteiger partial charge in [-0.15, -0.1) is 11.3 Å². The normalized spacial score (nSPS) is 16.4. The van der Waals surface area contributed by atoms with Crippen LogP contribution in [0, 0.1) is 12.8 Å². The molecule has 3 N–H and O–H groups in total. The Morgan fingerprint density at radius 2 is 2.07 bits per heavy atom. The Hall–Kier alpha value is -2.12. The van der Waals surface area contributed by atoms with Gasteiger partial charge in [0.05, 0.1) is 27.3 Å². The summed E-state index contributed by atoms with van der Waals surface area (Å²) < 4.78 is 0. The molecular formula is C21H26ClN3O3S. The number of aromatic nitrogens is 1. The van der Waals surface area contributed by atoms with Crippen LogP contribution in [-0.4, -0.2) is 28.0 Å². The summed E-state index contributed by atoms with van der Waals surface area (Å²) in [5, 5.41) is 16.1. The van der Waals surface area contributed by atoms with Gasteiger partial charge < -0.3 is 15.7 Å². The number of carbonyl (C=O) groups excluding carboxylic acids is 1. The van der Waals surface area contributed by atoms with E-state index in [0.29, 0.717) is 22.2 Å². The van der Waals surface area contributed by atoms with Gasteiger partial charge >= 0.3 is 5.97 Å². The van der Waals surface area contributed by atoms with Crippen molar-refractivity contribution in [3.8, 4) is 0 Å². The fourth-order valence-electron chi connectivity index (χ4n) is 3.70. The van der Waals surface area contributed by atoms with Gasteiger partial charge in [-0.1, -0.05) is 37.3 Å². The maximum atomic E-state index is 12.6. The standard InChI is InChI=1S/C21H26ClN3O3S/c1-12-16(10-15(22)11-23-12)24-13(2)18-7-8-19(29-18)20(26)25-17(21(27)28)9-14-5-3-4-6-14/h7-8,10-11,13-14,17,24H,3-6,9H2,1-2H3,(H,25,26)(H,27,28)/t13-,17-/m0/s1. The highest BCUT2D eigenvalue weighted by Gasteiger charge is 2.27. The topological polar surface area (TPSA) is 91.3 Å². The van der Waals surface area contributed by atoms with Crippen LogP contribution in [0.5, 0.6) is 0 Å². The zero-order valence-corrected chi connectivity index (χ0v) is 18.1. The van der Waals surface area contributed by atoms with Crippen molar-refractivity contribution in [2.45, 2.75) is 58.0 Å². The van der Waals surface area contributed by atoms with E-state index in [1.165, 1.54) is 11.3 Å². The van der Waals surface area contributed by atoms with Crippen molar-refractivity contribution >= 4 is 40.5 Å². The minimum atomic E-state index is -0.971. The SMILES string of the molecule is Cc1ncc(Cl)cc1N[C@@H](C)c1ccc(C(=O)N[C@@H](CC2CCCC2)C(=O)O)s1. The van der Waals surface area contributed by atoms with Crippen molar-refractivity contribution in [3.63, 3.8) is 0 Å². The van der Waals surface area contributed by atoms with Gasteiger partial charge in [-0.25, -0.2) is 4.79 Å². The number of thiophene rings is 1. The average molecular weight is 436 g/mol. The molecule has 0 radical (unpaired) electrons. The number of carboxylic acids is 1. The van der Waals surface area contributed by atoms with Crippen molar-refractivity contribution in [2.24, 2.45) is 5.92 Å². The first-order valence-electron chi connectivity index (χ1n) is 9.85.